The first-order valence-corrected chi connectivity index (χ1v) is 11.4. The summed E-state index contributed by atoms with van der Waals surface area (Å²) in [4.78, 5) is 24.7. The van der Waals surface area contributed by atoms with Crippen molar-refractivity contribution in [2.24, 2.45) is 0 Å². The molecule has 0 saturated heterocycles. The Bertz CT molecular complexity index is 1190. The Morgan fingerprint density at radius 3 is 2.12 bits per heavy atom. The summed E-state index contributed by atoms with van der Waals surface area (Å²) in [5.74, 6) is -0.285. The molecule has 0 aliphatic heterocycles. The predicted molar refractivity (Wildman–Crippen MR) is 132 cm³/mol. The number of urea groups is 1. The second-order valence-electron chi connectivity index (χ2n) is 6.86. The molecule has 33 heavy (non-hydrogen) atoms. The zero-order chi connectivity index (χ0) is 23.0. The molecule has 3 rings (SSSR count). The van der Waals surface area contributed by atoms with Crippen LogP contribution in [-0.4, -0.2) is 40.4 Å². The highest BCUT2D eigenvalue weighted by molar-refractivity contribution is 7.92. The maximum atomic E-state index is 12.9. The molecular formula is C23H25ClN4O4S. The Labute approximate surface area is 199 Å². The van der Waals surface area contributed by atoms with Crippen molar-refractivity contribution in [3.8, 4) is 0 Å². The number of anilines is 2. The van der Waals surface area contributed by atoms with Crippen LogP contribution in [0, 0.1) is 0 Å². The average Bonchev–Trinajstić information content (AvgIpc) is 2.80. The van der Waals surface area contributed by atoms with Crippen LogP contribution in [0.1, 0.15) is 15.9 Å². The van der Waals surface area contributed by atoms with E-state index >= 15 is 0 Å². The first-order valence-electron chi connectivity index (χ1n) is 9.92. The first kappa shape index (κ1) is 25.9. The number of benzene rings is 3. The number of carbonyl (C=O) groups is 2. The Balaban J connectivity index is 0.00000385. The molecule has 2 amide bonds. The zero-order valence-electron chi connectivity index (χ0n) is 17.9. The fourth-order valence-electron chi connectivity index (χ4n) is 2.91. The van der Waals surface area contributed by atoms with Gasteiger partial charge in [-0.1, -0.05) is 42.5 Å². The Kier molecular flexibility index (Phi) is 9.41. The molecule has 0 fully saturated rings. The Morgan fingerprint density at radius 2 is 1.45 bits per heavy atom. The molecule has 174 valence electrons. The van der Waals surface area contributed by atoms with Crippen LogP contribution in [-0.2, 0) is 10.0 Å². The standard InChI is InChI=1S/C23H24N4O4S.ClH/c1-24-15-16-25-23(29)26-18-11-13-19(14-12-18)32(30,31)27-21-10-6-5-9-20(21)22(28)17-7-3-2-4-8-17;/h2-14,24,27H,15-16H2,1H3,(H2,25,26,29);1H. The van der Waals surface area contributed by atoms with Gasteiger partial charge >= 0.3 is 6.03 Å². The molecule has 8 nitrogen and oxygen atoms in total. The molecule has 4 N–H and O–H groups in total. The van der Waals surface area contributed by atoms with E-state index in [9.17, 15) is 18.0 Å². The summed E-state index contributed by atoms with van der Waals surface area (Å²) in [5, 5.41) is 8.21. The molecule has 10 heteroatoms. The number of halogens is 1. The van der Waals surface area contributed by atoms with Crippen LogP contribution >= 0.6 is 12.4 Å². The van der Waals surface area contributed by atoms with Crippen LogP contribution in [0.5, 0.6) is 0 Å². The number of hydrogen-bond acceptors (Lipinski definition) is 5. The van der Waals surface area contributed by atoms with E-state index in [1.807, 2.05) is 0 Å². The number of carbonyl (C=O) groups excluding carboxylic acids is 2. The van der Waals surface area contributed by atoms with Gasteiger partial charge in [0.05, 0.1) is 10.6 Å². The van der Waals surface area contributed by atoms with E-state index in [-0.39, 0.29) is 40.4 Å². The van der Waals surface area contributed by atoms with Crippen LogP contribution in [0.25, 0.3) is 0 Å². The van der Waals surface area contributed by atoms with Crippen LogP contribution in [0.2, 0.25) is 0 Å². The molecule has 0 heterocycles. The summed E-state index contributed by atoms with van der Waals surface area (Å²) in [6.07, 6.45) is 0. The van der Waals surface area contributed by atoms with Gasteiger partial charge in [-0.15, -0.1) is 12.4 Å². The van der Waals surface area contributed by atoms with Gasteiger partial charge < -0.3 is 16.0 Å². The summed E-state index contributed by atoms with van der Waals surface area (Å²) in [6.45, 7) is 1.09. The topological polar surface area (TPSA) is 116 Å². The van der Waals surface area contributed by atoms with Crippen molar-refractivity contribution < 1.29 is 18.0 Å². The predicted octanol–water partition coefficient (Wildman–Crippen LogP) is 3.48. The quantitative estimate of drug-likeness (QED) is 0.272. The minimum Gasteiger partial charge on any atom is -0.337 e. The van der Waals surface area contributed by atoms with Crippen molar-refractivity contribution in [3.63, 3.8) is 0 Å². The van der Waals surface area contributed by atoms with Crippen molar-refractivity contribution >= 4 is 45.6 Å². The van der Waals surface area contributed by atoms with Crippen molar-refractivity contribution in [2.75, 3.05) is 30.2 Å². The van der Waals surface area contributed by atoms with Crippen LogP contribution in [0.15, 0.2) is 83.8 Å². The molecule has 0 spiro atoms. The largest absolute Gasteiger partial charge is 0.337 e. The number of rotatable bonds is 9. The van der Waals surface area contributed by atoms with Gasteiger partial charge in [-0.05, 0) is 43.4 Å². The molecule has 0 bridgehead atoms. The van der Waals surface area contributed by atoms with Crippen LogP contribution in [0.3, 0.4) is 0 Å². The monoisotopic (exact) mass is 488 g/mol. The molecule has 0 aromatic heterocycles. The average molecular weight is 489 g/mol. The fraction of sp³-hybridized carbons (Fsp3) is 0.130. The second-order valence-corrected chi connectivity index (χ2v) is 8.54. The summed E-state index contributed by atoms with van der Waals surface area (Å²) < 4.78 is 28.3. The fourth-order valence-corrected chi connectivity index (χ4v) is 3.99. The van der Waals surface area contributed by atoms with E-state index in [4.69, 9.17) is 0 Å². The second kappa shape index (κ2) is 12.0. The highest BCUT2D eigenvalue weighted by Gasteiger charge is 2.19. The van der Waals surface area contributed by atoms with Crippen LogP contribution < -0.4 is 20.7 Å². The normalized spacial score (nSPS) is 10.6. The van der Waals surface area contributed by atoms with Gasteiger partial charge in [-0.2, -0.15) is 0 Å². The number of para-hydroxylation sites is 1. The van der Waals surface area contributed by atoms with Gasteiger partial charge in [0.2, 0.25) is 0 Å². The van der Waals surface area contributed by atoms with E-state index in [1.54, 1.807) is 61.6 Å². The molecule has 3 aromatic rings. The maximum Gasteiger partial charge on any atom is 0.319 e. The smallest absolute Gasteiger partial charge is 0.319 e. The van der Waals surface area contributed by atoms with E-state index in [0.29, 0.717) is 24.3 Å². The van der Waals surface area contributed by atoms with Gasteiger partial charge in [-0.25, -0.2) is 13.2 Å². The number of ketones is 1. The lowest BCUT2D eigenvalue weighted by Crippen LogP contribution is -2.33. The minimum absolute atomic E-state index is 0. The van der Waals surface area contributed by atoms with Crippen molar-refractivity contribution in [1.29, 1.82) is 0 Å². The van der Waals surface area contributed by atoms with E-state index in [1.165, 1.54) is 24.3 Å². The third kappa shape index (κ3) is 7.04. The number of hydrogen-bond donors (Lipinski definition) is 4. The third-order valence-electron chi connectivity index (χ3n) is 4.54. The molecule has 0 atom stereocenters. The number of amides is 2. The lowest BCUT2D eigenvalue weighted by Gasteiger charge is -2.13. The number of likely N-dealkylation sites (N-methyl/N-ethyl adjacent to an activating group) is 1. The molecular weight excluding hydrogens is 464 g/mol. The highest BCUT2D eigenvalue weighted by atomic mass is 35.5. The zero-order valence-corrected chi connectivity index (χ0v) is 19.5. The molecule has 0 radical (unpaired) electrons. The van der Waals surface area contributed by atoms with Gasteiger partial charge in [0.1, 0.15) is 0 Å². The Morgan fingerprint density at radius 1 is 0.818 bits per heavy atom. The summed E-state index contributed by atoms with van der Waals surface area (Å²) in [7, 11) is -2.17. The maximum absolute atomic E-state index is 12.9. The SMILES string of the molecule is CNCCNC(=O)Nc1ccc(S(=O)(=O)Nc2ccccc2C(=O)c2ccccc2)cc1.Cl. The van der Waals surface area contributed by atoms with Crippen molar-refractivity contribution in [1.82, 2.24) is 10.6 Å². The van der Waals surface area contributed by atoms with Gasteiger partial charge in [0.25, 0.3) is 10.0 Å². The van der Waals surface area contributed by atoms with Gasteiger partial charge in [-0.3, -0.25) is 9.52 Å². The number of nitrogens with one attached hydrogen (secondary N) is 4. The third-order valence-corrected chi connectivity index (χ3v) is 5.92. The van der Waals surface area contributed by atoms with Crippen LogP contribution in [0.4, 0.5) is 16.2 Å². The lowest BCUT2D eigenvalue weighted by molar-refractivity contribution is 0.103. The van der Waals surface area contributed by atoms with Crippen molar-refractivity contribution in [2.45, 2.75) is 4.90 Å². The minimum atomic E-state index is -3.95. The van der Waals surface area contributed by atoms with E-state index in [2.05, 4.69) is 20.7 Å². The molecule has 0 aliphatic rings. The van der Waals surface area contributed by atoms with Crippen molar-refractivity contribution in [3.05, 3.63) is 90.0 Å². The molecule has 3 aromatic carbocycles. The van der Waals surface area contributed by atoms with Gasteiger partial charge in [0, 0.05) is 29.9 Å². The summed E-state index contributed by atoms with van der Waals surface area (Å²) in [5.41, 5.74) is 1.35. The number of sulfonamides is 1. The highest BCUT2D eigenvalue weighted by Crippen LogP contribution is 2.23. The molecule has 0 unspecified atom stereocenters. The Hall–Kier alpha value is -3.40. The summed E-state index contributed by atoms with van der Waals surface area (Å²) in [6, 6.07) is 20.5. The van der Waals surface area contributed by atoms with E-state index in [0.717, 1.165) is 0 Å². The van der Waals surface area contributed by atoms with Gasteiger partial charge in [0.15, 0.2) is 5.78 Å². The first-order chi connectivity index (χ1) is 15.4. The molecule has 0 saturated carbocycles. The van der Waals surface area contributed by atoms with E-state index < -0.39 is 10.0 Å². The summed E-state index contributed by atoms with van der Waals surface area (Å²) >= 11 is 0. The molecule has 0 aliphatic carbocycles. The lowest BCUT2D eigenvalue weighted by atomic mass is 10.0.